The minimum Gasteiger partial charge on any atom is -0.491 e. The van der Waals surface area contributed by atoms with Crippen molar-refractivity contribution < 1.29 is 14.4 Å². The van der Waals surface area contributed by atoms with E-state index in [1.54, 1.807) is 16.2 Å². The van der Waals surface area contributed by atoms with E-state index in [1.165, 1.54) is 4.90 Å². The fourth-order valence-corrected chi connectivity index (χ4v) is 3.69. The predicted molar refractivity (Wildman–Crippen MR) is 111 cm³/mol. The molecule has 1 aromatic heterocycles. The number of nitrogens with one attached hydrogen (secondary N) is 1. The number of hydrogen-bond acceptors (Lipinski definition) is 4. The Hall–Kier alpha value is -2.44. The standard InChI is InChI=1S/C21H25N3O2S/c1-15(2)26-17-11-9-16(10-12-17)20(25)24(14-13-23(3)4)21-22-18-7-5-6-8-19(18)27-21/h5-12,15H,13-14H2,1-4H3/p+1. The number of ether oxygens (including phenoxy) is 1. The van der Waals surface area contributed by atoms with Crippen molar-refractivity contribution in [3.63, 3.8) is 0 Å². The molecule has 0 bridgehead atoms. The fourth-order valence-electron chi connectivity index (χ4n) is 2.70. The number of anilines is 1. The number of carbonyl (C=O) groups is 1. The monoisotopic (exact) mass is 384 g/mol. The number of rotatable bonds is 7. The minimum atomic E-state index is -0.0357. The molecule has 0 unspecified atom stereocenters. The highest BCUT2D eigenvalue weighted by Gasteiger charge is 2.22. The molecule has 0 spiro atoms. The van der Waals surface area contributed by atoms with Gasteiger partial charge in [0.15, 0.2) is 5.13 Å². The Kier molecular flexibility index (Phi) is 6.08. The summed E-state index contributed by atoms with van der Waals surface area (Å²) >= 11 is 1.55. The second kappa shape index (κ2) is 8.50. The average Bonchev–Trinajstić information content (AvgIpc) is 3.05. The number of fused-ring (bicyclic) bond motifs is 1. The molecule has 0 saturated carbocycles. The maximum absolute atomic E-state index is 13.2. The second-order valence-corrected chi connectivity index (χ2v) is 8.08. The van der Waals surface area contributed by atoms with Crippen LogP contribution in [0.15, 0.2) is 48.5 Å². The van der Waals surface area contributed by atoms with E-state index in [4.69, 9.17) is 4.74 Å². The van der Waals surface area contributed by atoms with Gasteiger partial charge in [-0.2, -0.15) is 0 Å². The molecule has 1 N–H and O–H groups in total. The van der Waals surface area contributed by atoms with E-state index in [1.807, 2.05) is 62.4 Å². The molecule has 3 aromatic rings. The van der Waals surface area contributed by atoms with Crippen molar-refractivity contribution in [3.8, 4) is 5.75 Å². The topological polar surface area (TPSA) is 46.9 Å². The number of benzene rings is 2. The lowest BCUT2D eigenvalue weighted by molar-refractivity contribution is -0.856. The van der Waals surface area contributed by atoms with Gasteiger partial charge in [0.25, 0.3) is 5.91 Å². The molecule has 0 radical (unpaired) electrons. The Morgan fingerprint density at radius 1 is 1.15 bits per heavy atom. The fraction of sp³-hybridized carbons (Fsp3) is 0.333. The van der Waals surface area contributed by atoms with E-state index in [-0.39, 0.29) is 12.0 Å². The predicted octanol–water partition coefficient (Wildman–Crippen LogP) is 2.87. The van der Waals surface area contributed by atoms with E-state index in [0.717, 1.165) is 27.6 Å². The summed E-state index contributed by atoms with van der Waals surface area (Å²) in [5, 5.41) is 0.741. The van der Waals surface area contributed by atoms with Gasteiger partial charge < -0.3 is 9.64 Å². The van der Waals surface area contributed by atoms with Crippen LogP contribution in [0.3, 0.4) is 0 Å². The van der Waals surface area contributed by atoms with Crippen LogP contribution in [0, 0.1) is 0 Å². The third-order valence-corrected chi connectivity index (χ3v) is 5.13. The first-order valence-corrected chi connectivity index (χ1v) is 9.99. The molecule has 0 aliphatic rings. The Bertz CT molecular complexity index is 870. The highest BCUT2D eigenvalue weighted by atomic mass is 32.1. The van der Waals surface area contributed by atoms with Crippen molar-refractivity contribution in [3.05, 3.63) is 54.1 Å². The number of carbonyl (C=O) groups excluding carboxylic acids is 1. The van der Waals surface area contributed by atoms with Crippen LogP contribution in [0.2, 0.25) is 0 Å². The third kappa shape index (κ3) is 4.84. The number of hydrogen-bond donors (Lipinski definition) is 1. The lowest BCUT2D eigenvalue weighted by Gasteiger charge is -2.21. The normalized spacial score (nSPS) is 11.3. The van der Waals surface area contributed by atoms with Gasteiger partial charge in [0.2, 0.25) is 0 Å². The highest BCUT2D eigenvalue weighted by Crippen LogP contribution is 2.29. The zero-order valence-electron chi connectivity index (χ0n) is 16.2. The molecule has 0 atom stereocenters. The molecular formula is C21H26N3O2S+. The number of para-hydroxylation sites is 1. The van der Waals surface area contributed by atoms with E-state index in [0.29, 0.717) is 12.1 Å². The molecule has 6 heteroatoms. The van der Waals surface area contributed by atoms with Gasteiger partial charge in [-0.15, -0.1) is 0 Å². The molecule has 0 aliphatic carbocycles. The molecule has 2 aromatic carbocycles. The maximum Gasteiger partial charge on any atom is 0.260 e. The number of quaternary nitrogens is 1. The number of aromatic nitrogens is 1. The summed E-state index contributed by atoms with van der Waals surface area (Å²) in [6, 6.07) is 15.3. The van der Waals surface area contributed by atoms with Gasteiger partial charge in [-0.1, -0.05) is 23.5 Å². The van der Waals surface area contributed by atoms with Crippen LogP contribution in [-0.4, -0.2) is 44.2 Å². The maximum atomic E-state index is 13.2. The van der Waals surface area contributed by atoms with Crippen LogP contribution in [0.5, 0.6) is 5.75 Å². The van der Waals surface area contributed by atoms with Crippen LogP contribution in [0.25, 0.3) is 10.2 Å². The Balaban J connectivity index is 1.88. The van der Waals surface area contributed by atoms with Crippen LogP contribution in [0.1, 0.15) is 24.2 Å². The average molecular weight is 385 g/mol. The summed E-state index contributed by atoms with van der Waals surface area (Å²) < 4.78 is 6.76. The summed E-state index contributed by atoms with van der Waals surface area (Å²) in [7, 11) is 4.16. The molecule has 0 aliphatic heterocycles. The molecule has 27 heavy (non-hydrogen) atoms. The van der Waals surface area contributed by atoms with Gasteiger partial charge >= 0.3 is 0 Å². The molecule has 1 heterocycles. The minimum absolute atomic E-state index is 0.0357. The highest BCUT2D eigenvalue weighted by molar-refractivity contribution is 7.22. The van der Waals surface area contributed by atoms with Gasteiger partial charge in [-0.25, -0.2) is 4.98 Å². The van der Waals surface area contributed by atoms with Crippen LogP contribution in [-0.2, 0) is 0 Å². The number of nitrogens with zero attached hydrogens (tertiary/aromatic N) is 2. The lowest BCUT2D eigenvalue weighted by Crippen LogP contribution is -3.06. The van der Waals surface area contributed by atoms with E-state index < -0.39 is 0 Å². The van der Waals surface area contributed by atoms with E-state index in [9.17, 15) is 4.79 Å². The summed E-state index contributed by atoms with van der Waals surface area (Å²) in [6.45, 7) is 5.43. The van der Waals surface area contributed by atoms with Crippen LogP contribution < -0.4 is 14.5 Å². The van der Waals surface area contributed by atoms with Crippen molar-refractivity contribution in [2.24, 2.45) is 0 Å². The van der Waals surface area contributed by atoms with Crippen molar-refractivity contribution in [2.45, 2.75) is 20.0 Å². The first kappa shape index (κ1) is 19.3. The third-order valence-electron chi connectivity index (χ3n) is 4.07. The summed E-state index contributed by atoms with van der Waals surface area (Å²) in [6.07, 6.45) is 0.105. The zero-order chi connectivity index (χ0) is 19.4. The molecule has 5 nitrogen and oxygen atoms in total. The van der Waals surface area contributed by atoms with Crippen molar-refractivity contribution in [2.75, 3.05) is 32.1 Å². The van der Waals surface area contributed by atoms with Gasteiger partial charge in [-0.3, -0.25) is 9.69 Å². The number of likely N-dealkylation sites (N-methyl/N-ethyl adjacent to an activating group) is 1. The SMILES string of the molecule is CC(C)Oc1ccc(C(=O)N(CC[NH+](C)C)c2nc3ccccc3s2)cc1. The zero-order valence-corrected chi connectivity index (χ0v) is 17.0. The smallest absolute Gasteiger partial charge is 0.260 e. The van der Waals surface area contributed by atoms with Gasteiger partial charge in [0, 0.05) is 5.56 Å². The second-order valence-electron chi connectivity index (χ2n) is 7.07. The van der Waals surface area contributed by atoms with Gasteiger partial charge in [-0.05, 0) is 50.2 Å². The molecule has 3 rings (SSSR count). The molecule has 1 amide bonds. The summed E-state index contributed by atoms with van der Waals surface area (Å²) in [5.74, 6) is 0.734. The number of thiazole rings is 1. The van der Waals surface area contributed by atoms with Crippen molar-refractivity contribution in [1.29, 1.82) is 0 Å². The lowest BCUT2D eigenvalue weighted by atomic mass is 10.2. The largest absolute Gasteiger partial charge is 0.491 e. The number of amides is 1. The Morgan fingerprint density at radius 2 is 1.85 bits per heavy atom. The van der Waals surface area contributed by atoms with Crippen LogP contribution in [0.4, 0.5) is 5.13 Å². The van der Waals surface area contributed by atoms with Crippen molar-refractivity contribution >= 4 is 32.6 Å². The summed E-state index contributed by atoms with van der Waals surface area (Å²) in [5.41, 5.74) is 1.56. The van der Waals surface area contributed by atoms with E-state index >= 15 is 0 Å². The molecule has 0 saturated heterocycles. The summed E-state index contributed by atoms with van der Waals surface area (Å²) in [4.78, 5) is 21.0. The Labute approximate surface area is 164 Å². The van der Waals surface area contributed by atoms with Gasteiger partial charge in [0.1, 0.15) is 5.75 Å². The van der Waals surface area contributed by atoms with Gasteiger partial charge in [0.05, 0.1) is 43.5 Å². The van der Waals surface area contributed by atoms with E-state index in [2.05, 4.69) is 19.1 Å². The molecular weight excluding hydrogens is 358 g/mol. The molecule has 142 valence electrons. The first-order valence-electron chi connectivity index (χ1n) is 9.17. The first-order chi connectivity index (χ1) is 12.9. The quantitative estimate of drug-likeness (QED) is 0.681. The van der Waals surface area contributed by atoms with Crippen LogP contribution >= 0.6 is 11.3 Å². The van der Waals surface area contributed by atoms with Crippen molar-refractivity contribution in [1.82, 2.24) is 4.98 Å². The Morgan fingerprint density at radius 3 is 2.48 bits per heavy atom. The molecule has 0 fully saturated rings.